The van der Waals surface area contributed by atoms with Gasteiger partial charge in [-0.2, -0.15) is 0 Å². The lowest BCUT2D eigenvalue weighted by Gasteiger charge is -2.16. The van der Waals surface area contributed by atoms with Gasteiger partial charge in [0.2, 0.25) is 0 Å². The van der Waals surface area contributed by atoms with Crippen LogP contribution in [0.15, 0.2) is 33.2 Å². The van der Waals surface area contributed by atoms with Crippen molar-refractivity contribution in [3.8, 4) is 0 Å². The molecule has 1 nitrogen and oxygen atoms in total. The second kappa shape index (κ2) is 6.14. The molecule has 96 valence electrons. The molecule has 1 unspecified atom stereocenters. The molecule has 1 aromatic heterocycles. The van der Waals surface area contributed by atoms with Gasteiger partial charge in [0.05, 0.1) is 20.4 Å². The van der Waals surface area contributed by atoms with E-state index in [-0.39, 0.29) is 6.04 Å². The zero-order valence-electron chi connectivity index (χ0n) is 9.31. The second-order valence-electron chi connectivity index (χ2n) is 3.77. The first-order valence-corrected chi connectivity index (χ1v) is 8.29. The molecule has 2 aromatic rings. The van der Waals surface area contributed by atoms with E-state index in [0.29, 0.717) is 4.34 Å². The smallest absolute Gasteiger partial charge is 0.0996 e. The third-order valence-electron chi connectivity index (χ3n) is 2.45. The molecule has 0 saturated carbocycles. The Hall–Kier alpha value is 0.260. The monoisotopic (exact) mass is 427 g/mol. The van der Waals surface area contributed by atoms with Crippen molar-refractivity contribution >= 4 is 72.1 Å². The molecule has 0 bridgehead atoms. The Morgan fingerprint density at radius 2 is 1.94 bits per heavy atom. The molecule has 0 aliphatic rings. The topological polar surface area (TPSA) is 12.0 Å². The predicted molar refractivity (Wildman–Crippen MR) is 88.2 cm³/mol. The maximum absolute atomic E-state index is 6.15. The van der Waals surface area contributed by atoms with Gasteiger partial charge in [0.15, 0.2) is 0 Å². The molecule has 0 spiro atoms. The molecule has 18 heavy (non-hydrogen) atoms. The maximum atomic E-state index is 6.15. The summed E-state index contributed by atoms with van der Waals surface area (Å²) in [4.78, 5) is 0. The number of nitrogens with one attached hydrogen (secondary N) is 1. The molecular weight excluding hydrogens is 421 g/mol. The SMILES string of the molecule is CC(Nc1cc(Br)ccc1Br)c1cc(Cl)sc1Cl. The van der Waals surface area contributed by atoms with Crippen LogP contribution in [0, 0.1) is 0 Å². The molecule has 1 heterocycles. The highest BCUT2D eigenvalue weighted by atomic mass is 79.9. The maximum Gasteiger partial charge on any atom is 0.0996 e. The Labute approximate surface area is 137 Å². The first-order valence-electron chi connectivity index (χ1n) is 5.13. The van der Waals surface area contributed by atoms with Crippen LogP contribution in [0.5, 0.6) is 0 Å². The molecule has 1 aromatic carbocycles. The molecule has 0 aliphatic carbocycles. The van der Waals surface area contributed by atoms with Crippen LogP contribution in [0.1, 0.15) is 18.5 Å². The fourth-order valence-electron chi connectivity index (χ4n) is 1.57. The van der Waals surface area contributed by atoms with Gasteiger partial charge in [0.1, 0.15) is 0 Å². The van der Waals surface area contributed by atoms with Crippen LogP contribution >= 0.6 is 66.4 Å². The number of hydrogen-bond acceptors (Lipinski definition) is 2. The van der Waals surface area contributed by atoms with Crippen molar-refractivity contribution in [3.63, 3.8) is 0 Å². The summed E-state index contributed by atoms with van der Waals surface area (Å²) in [7, 11) is 0. The molecule has 0 saturated heterocycles. The fourth-order valence-corrected chi connectivity index (χ4v) is 3.94. The average Bonchev–Trinajstić information content (AvgIpc) is 2.63. The quantitative estimate of drug-likeness (QED) is 0.568. The van der Waals surface area contributed by atoms with Crippen molar-refractivity contribution in [3.05, 3.63) is 47.4 Å². The lowest BCUT2D eigenvalue weighted by molar-refractivity contribution is 0.889. The van der Waals surface area contributed by atoms with Crippen molar-refractivity contribution in [2.24, 2.45) is 0 Å². The molecule has 0 amide bonds. The van der Waals surface area contributed by atoms with Crippen LogP contribution in [0.2, 0.25) is 8.67 Å². The number of thiophene rings is 1. The van der Waals surface area contributed by atoms with Crippen LogP contribution < -0.4 is 5.32 Å². The summed E-state index contributed by atoms with van der Waals surface area (Å²) in [6, 6.07) is 7.97. The highest BCUT2D eigenvalue weighted by Gasteiger charge is 2.14. The zero-order chi connectivity index (χ0) is 13.3. The van der Waals surface area contributed by atoms with Crippen molar-refractivity contribution in [2.75, 3.05) is 5.32 Å². The van der Waals surface area contributed by atoms with Gasteiger partial charge >= 0.3 is 0 Å². The van der Waals surface area contributed by atoms with E-state index in [4.69, 9.17) is 23.2 Å². The van der Waals surface area contributed by atoms with Crippen LogP contribution in [0.4, 0.5) is 5.69 Å². The molecule has 2 rings (SSSR count). The summed E-state index contributed by atoms with van der Waals surface area (Å²) in [5, 5.41) is 3.41. The Balaban J connectivity index is 2.23. The van der Waals surface area contributed by atoms with Gasteiger partial charge in [-0.25, -0.2) is 0 Å². The van der Waals surface area contributed by atoms with Crippen LogP contribution in [0.3, 0.4) is 0 Å². The number of hydrogen-bond donors (Lipinski definition) is 1. The standard InChI is InChI=1S/C12H9Br2Cl2NS/c1-6(8-5-11(15)18-12(8)16)17-10-4-7(13)2-3-9(10)14/h2-6,17H,1H3. The summed E-state index contributed by atoms with van der Waals surface area (Å²) in [6.07, 6.45) is 0. The van der Waals surface area contributed by atoms with Gasteiger partial charge in [0, 0.05) is 14.5 Å². The predicted octanol–water partition coefficient (Wildman–Crippen LogP) is 6.75. The van der Waals surface area contributed by atoms with E-state index in [1.54, 1.807) is 0 Å². The molecule has 6 heteroatoms. The third kappa shape index (κ3) is 3.42. The first-order chi connectivity index (χ1) is 8.47. The van der Waals surface area contributed by atoms with E-state index >= 15 is 0 Å². The Morgan fingerprint density at radius 3 is 2.56 bits per heavy atom. The minimum Gasteiger partial charge on any atom is -0.377 e. The molecule has 0 radical (unpaired) electrons. The summed E-state index contributed by atoms with van der Waals surface area (Å²) in [5.41, 5.74) is 2.02. The molecule has 1 atom stereocenters. The number of halogens is 4. The summed E-state index contributed by atoms with van der Waals surface area (Å²) < 4.78 is 3.47. The van der Waals surface area contributed by atoms with Crippen LogP contribution in [-0.2, 0) is 0 Å². The van der Waals surface area contributed by atoms with Crippen molar-refractivity contribution in [2.45, 2.75) is 13.0 Å². The second-order valence-corrected chi connectivity index (χ2v) is 7.83. The minimum absolute atomic E-state index is 0.0897. The summed E-state index contributed by atoms with van der Waals surface area (Å²) >= 11 is 20.5. The van der Waals surface area contributed by atoms with Crippen molar-refractivity contribution < 1.29 is 0 Å². The van der Waals surface area contributed by atoms with Gasteiger partial charge < -0.3 is 5.32 Å². The highest BCUT2D eigenvalue weighted by molar-refractivity contribution is 9.11. The van der Waals surface area contributed by atoms with Gasteiger partial charge in [-0.15, -0.1) is 11.3 Å². The van der Waals surface area contributed by atoms with Crippen LogP contribution in [0.25, 0.3) is 0 Å². The van der Waals surface area contributed by atoms with Gasteiger partial charge in [0.25, 0.3) is 0 Å². The van der Waals surface area contributed by atoms with Gasteiger partial charge in [-0.3, -0.25) is 0 Å². The van der Waals surface area contributed by atoms with Crippen molar-refractivity contribution in [1.82, 2.24) is 0 Å². The highest BCUT2D eigenvalue weighted by Crippen LogP contribution is 2.37. The Morgan fingerprint density at radius 1 is 1.22 bits per heavy atom. The lowest BCUT2D eigenvalue weighted by atomic mass is 10.1. The van der Waals surface area contributed by atoms with Crippen molar-refractivity contribution in [1.29, 1.82) is 0 Å². The number of rotatable bonds is 3. The van der Waals surface area contributed by atoms with Crippen LogP contribution in [-0.4, -0.2) is 0 Å². The van der Waals surface area contributed by atoms with Gasteiger partial charge in [-0.05, 0) is 47.1 Å². The van der Waals surface area contributed by atoms with E-state index in [9.17, 15) is 0 Å². The average molecular weight is 430 g/mol. The first kappa shape index (κ1) is 14.7. The third-order valence-corrected chi connectivity index (χ3v) is 5.15. The van der Waals surface area contributed by atoms with Gasteiger partial charge in [-0.1, -0.05) is 39.1 Å². The summed E-state index contributed by atoms with van der Waals surface area (Å²) in [6.45, 7) is 2.05. The normalized spacial score (nSPS) is 12.5. The lowest BCUT2D eigenvalue weighted by Crippen LogP contribution is -2.06. The van der Waals surface area contributed by atoms with E-state index in [1.165, 1.54) is 11.3 Å². The molecule has 1 N–H and O–H groups in total. The van der Waals surface area contributed by atoms with E-state index in [2.05, 4.69) is 44.1 Å². The number of benzene rings is 1. The Bertz CT molecular complexity index is 571. The largest absolute Gasteiger partial charge is 0.377 e. The zero-order valence-corrected chi connectivity index (χ0v) is 14.8. The van der Waals surface area contributed by atoms with E-state index < -0.39 is 0 Å². The van der Waals surface area contributed by atoms with E-state index in [0.717, 1.165) is 24.5 Å². The number of anilines is 1. The Kier molecular flexibility index (Phi) is 5.00. The molecule has 0 aliphatic heterocycles. The minimum atomic E-state index is 0.0897. The molecule has 0 fully saturated rings. The fraction of sp³-hybridized carbons (Fsp3) is 0.167. The molecular formula is C12H9Br2Cl2NS. The summed E-state index contributed by atoms with van der Waals surface area (Å²) in [5.74, 6) is 0. The van der Waals surface area contributed by atoms with E-state index in [1.807, 2.05) is 24.3 Å².